The van der Waals surface area contributed by atoms with Gasteiger partial charge in [0.15, 0.2) is 9.84 Å². The molecule has 1 heterocycles. The van der Waals surface area contributed by atoms with Gasteiger partial charge in [-0.1, -0.05) is 18.2 Å². The second kappa shape index (κ2) is 4.84. The monoisotopic (exact) mass is 311 g/mol. The summed E-state index contributed by atoms with van der Waals surface area (Å²) in [5, 5.41) is 9.33. The maximum Gasteiger partial charge on any atom is 0.327 e. The van der Waals surface area contributed by atoms with Crippen molar-refractivity contribution >= 4 is 27.4 Å². The lowest BCUT2D eigenvalue weighted by Gasteiger charge is -2.30. The number of carbonyl (C=O) groups is 2. The minimum atomic E-state index is -3.67. The van der Waals surface area contributed by atoms with Gasteiger partial charge in [-0.05, 0) is 25.5 Å². The van der Waals surface area contributed by atoms with Crippen LogP contribution in [0.3, 0.4) is 0 Å². The van der Waals surface area contributed by atoms with Crippen molar-refractivity contribution in [3.05, 3.63) is 29.8 Å². The third kappa shape index (κ3) is 2.42. The van der Waals surface area contributed by atoms with Gasteiger partial charge < -0.3 is 5.11 Å². The molecule has 0 saturated carbocycles. The predicted octanol–water partition coefficient (Wildman–Crippen LogP) is 0.852. The molecule has 1 aromatic rings. The van der Waals surface area contributed by atoms with Crippen molar-refractivity contribution < 1.29 is 23.1 Å². The smallest absolute Gasteiger partial charge is 0.327 e. The van der Waals surface area contributed by atoms with Crippen LogP contribution in [0.2, 0.25) is 0 Å². The van der Waals surface area contributed by atoms with Crippen LogP contribution in [0.1, 0.15) is 19.4 Å². The third-order valence-corrected chi connectivity index (χ3v) is 5.95. The molecule has 0 aliphatic carbocycles. The highest BCUT2D eigenvalue weighted by Crippen LogP contribution is 2.35. The quantitative estimate of drug-likeness (QED) is 0.893. The molecule has 0 unspecified atom stereocenters. The molecule has 2 rings (SSSR count). The molecule has 114 valence electrons. The Hall–Kier alpha value is -1.89. The van der Waals surface area contributed by atoms with E-state index in [0.717, 1.165) is 16.7 Å². The molecule has 0 spiro atoms. The lowest BCUT2D eigenvalue weighted by atomic mass is 10.1. The summed E-state index contributed by atoms with van der Waals surface area (Å²) in [5.41, 5.74) is 1.19. The van der Waals surface area contributed by atoms with Gasteiger partial charge in [-0.2, -0.15) is 0 Å². The fourth-order valence-corrected chi connectivity index (χ4v) is 2.70. The molecule has 6 nitrogen and oxygen atoms in total. The number of carboxylic acids is 1. The molecule has 1 aromatic carbocycles. The summed E-state index contributed by atoms with van der Waals surface area (Å²) < 4.78 is 22.0. The van der Waals surface area contributed by atoms with Gasteiger partial charge in [-0.3, -0.25) is 9.69 Å². The van der Waals surface area contributed by atoms with Crippen molar-refractivity contribution in [1.29, 1.82) is 0 Å². The number of benzene rings is 1. The zero-order valence-electron chi connectivity index (χ0n) is 12.0. The number of hydrogen-bond donors (Lipinski definition) is 1. The number of carboxylic acid groups (broad SMARTS) is 1. The fourth-order valence-electron chi connectivity index (χ4n) is 2.28. The Morgan fingerprint density at radius 3 is 2.38 bits per heavy atom. The summed E-state index contributed by atoms with van der Waals surface area (Å²) in [6, 6.07) is 5.75. The molecule has 1 N–H and O–H groups in total. The number of rotatable bonds is 3. The molecule has 1 aliphatic heterocycles. The molecule has 21 heavy (non-hydrogen) atoms. The van der Waals surface area contributed by atoms with Crippen molar-refractivity contribution in [2.24, 2.45) is 0 Å². The first-order chi connectivity index (χ1) is 9.57. The van der Waals surface area contributed by atoms with Crippen LogP contribution in [0, 0.1) is 0 Å². The van der Waals surface area contributed by atoms with E-state index in [-0.39, 0.29) is 6.42 Å². The van der Waals surface area contributed by atoms with Crippen LogP contribution < -0.4 is 4.90 Å². The van der Waals surface area contributed by atoms with Crippen LogP contribution >= 0.6 is 0 Å². The number of hydrogen-bond acceptors (Lipinski definition) is 4. The minimum Gasteiger partial charge on any atom is -0.480 e. The molecule has 0 saturated heterocycles. The molecular weight excluding hydrogens is 294 g/mol. The maximum absolute atomic E-state index is 12.7. The first-order valence-corrected chi connectivity index (χ1v) is 8.30. The van der Waals surface area contributed by atoms with E-state index in [2.05, 4.69) is 0 Å². The van der Waals surface area contributed by atoms with Gasteiger partial charge in [0.2, 0.25) is 5.91 Å². The highest BCUT2D eigenvalue weighted by Gasteiger charge is 2.48. The third-order valence-electron chi connectivity index (χ3n) is 3.92. The van der Waals surface area contributed by atoms with E-state index in [4.69, 9.17) is 0 Å². The number of nitrogens with zero attached hydrogens (tertiary/aromatic N) is 1. The summed E-state index contributed by atoms with van der Waals surface area (Å²) >= 11 is 0. The van der Waals surface area contributed by atoms with Gasteiger partial charge in [-0.15, -0.1) is 0 Å². The van der Waals surface area contributed by atoms with E-state index in [0.29, 0.717) is 5.69 Å². The normalized spacial score (nSPS) is 18.4. The zero-order chi connectivity index (χ0) is 16.0. The average molecular weight is 311 g/mol. The summed E-state index contributed by atoms with van der Waals surface area (Å²) in [6.45, 7) is 2.59. The summed E-state index contributed by atoms with van der Waals surface area (Å²) in [4.78, 5) is 25.2. The highest BCUT2D eigenvalue weighted by atomic mass is 32.2. The Bertz CT molecular complexity index is 708. The molecular formula is C14H17NO5S. The van der Waals surface area contributed by atoms with Crippen molar-refractivity contribution in [3.63, 3.8) is 0 Å². The summed E-state index contributed by atoms with van der Waals surface area (Å²) in [5.74, 6) is -1.87. The Labute approximate surface area is 123 Å². The Kier molecular flexibility index (Phi) is 3.57. The lowest BCUT2D eigenvalue weighted by Crippen LogP contribution is -2.54. The van der Waals surface area contributed by atoms with Crippen molar-refractivity contribution in [3.8, 4) is 0 Å². The van der Waals surface area contributed by atoms with E-state index in [1.165, 1.54) is 13.8 Å². The fraction of sp³-hybridized carbons (Fsp3) is 0.429. The van der Waals surface area contributed by atoms with E-state index in [9.17, 15) is 23.1 Å². The van der Waals surface area contributed by atoms with Gasteiger partial charge in [0, 0.05) is 18.4 Å². The van der Waals surface area contributed by atoms with Crippen molar-refractivity contribution in [1.82, 2.24) is 0 Å². The zero-order valence-corrected chi connectivity index (χ0v) is 12.8. The topological polar surface area (TPSA) is 91.8 Å². The van der Waals surface area contributed by atoms with Gasteiger partial charge in [-0.25, -0.2) is 13.2 Å². The van der Waals surface area contributed by atoms with Crippen LogP contribution in [-0.2, 0) is 25.8 Å². The lowest BCUT2D eigenvalue weighted by molar-refractivity contribution is -0.140. The molecule has 1 aliphatic rings. The first kappa shape index (κ1) is 15.5. The van der Waals surface area contributed by atoms with E-state index in [1.54, 1.807) is 24.3 Å². The van der Waals surface area contributed by atoms with Gasteiger partial charge in [0.25, 0.3) is 0 Å². The van der Waals surface area contributed by atoms with E-state index in [1.807, 2.05) is 0 Å². The van der Waals surface area contributed by atoms with E-state index >= 15 is 0 Å². The standard InChI is InChI=1S/C14H17NO5S/c1-14(2,21(3,19)20)13(18)15-10-7-5-4-6-9(10)8-11(15)12(16)17/h4-7,11H,8H2,1-3H3,(H,16,17)/t11-/m0/s1. The molecule has 7 heteroatoms. The Balaban J connectivity index is 2.54. The Morgan fingerprint density at radius 2 is 1.86 bits per heavy atom. The molecule has 0 radical (unpaired) electrons. The van der Waals surface area contributed by atoms with Gasteiger partial charge >= 0.3 is 5.97 Å². The summed E-state index contributed by atoms with van der Waals surface area (Å²) in [7, 11) is -3.67. The maximum atomic E-state index is 12.7. The minimum absolute atomic E-state index is 0.178. The van der Waals surface area contributed by atoms with Crippen LogP contribution in [0.25, 0.3) is 0 Å². The number of amides is 1. The number of para-hydroxylation sites is 1. The molecule has 1 amide bonds. The average Bonchev–Trinajstić information content (AvgIpc) is 2.75. The van der Waals surface area contributed by atoms with E-state index < -0.39 is 32.5 Å². The van der Waals surface area contributed by atoms with Crippen LogP contribution in [0.4, 0.5) is 5.69 Å². The van der Waals surface area contributed by atoms with Crippen molar-refractivity contribution in [2.45, 2.75) is 31.1 Å². The molecule has 0 aromatic heterocycles. The number of fused-ring (bicyclic) bond motifs is 1. The van der Waals surface area contributed by atoms with Gasteiger partial charge in [0.05, 0.1) is 0 Å². The largest absolute Gasteiger partial charge is 0.480 e. The second-order valence-corrected chi connectivity index (χ2v) is 8.21. The van der Waals surface area contributed by atoms with Crippen molar-refractivity contribution in [2.75, 3.05) is 11.2 Å². The van der Waals surface area contributed by atoms with Crippen LogP contribution in [-0.4, -0.2) is 42.4 Å². The number of aliphatic carboxylic acids is 1. The molecule has 0 fully saturated rings. The predicted molar refractivity (Wildman–Crippen MR) is 78.0 cm³/mol. The Morgan fingerprint density at radius 1 is 1.29 bits per heavy atom. The molecule has 1 atom stereocenters. The number of sulfone groups is 1. The molecule has 0 bridgehead atoms. The highest BCUT2D eigenvalue weighted by molar-refractivity contribution is 7.92. The first-order valence-electron chi connectivity index (χ1n) is 6.41. The summed E-state index contributed by atoms with van der Waals surface area (Å²) in [6.07, 6.45) is 1.15. The number of anilines is 1. The van der Waals surface area contributed by atoms with Crippen LogP contribution in [0.5, 0.6) is 0 Å². The van der Waals surface area contributed by atoms with Gasteiger partial charge in [0.1, 0.15) is 10.8 Å². The number of carbonyl (C=O) groups excluding carboxylic acids is 1. The SMILES string of the molecule is CC(C)(C(=O)N1c2ccccc2C[C@H]1C(=O)O)S(C)(=O)=O. The van der Waals surface area contributed by atoms with Crippen LogP contribution in [0.15, 0.2) is 24.3 Å². The second-order valence-electron chi connectivity index (χ2n) is 5.64.